The molecule has 1 aliphatic heterocycles. The number of nitrogens with zero attached hydrogens (tertiary/aromatic N) is 1. The summed E-state index contributed by atoms with van der Waals surface area (Å²) < 4.78 is 35.8. The molecule has 82 valence electrons. The molecular formula is C10H12FNO2S. The van der Waals surface area contributed by atoms with Gasteiger partial charge in [-0.2, -0.15) is 0 Å². The molecule has 0 aromatic rings. The molecule has 0 aromatic heterocycles. The molecule has 0 unspecified atom stereocenters. The van der Waals surface area contributed by atoms with Crippen LogP contribution in [0.2, 0.25) is 0 Å². The molecule has 3 nitrogen and oxygen atoms in total. The zero-order chi connectivity index (χ0) is 11.7. The maximum atomic E-state index is 13.4. The molecule has 1 aliphatic rings. The topological polar surface area (TPSA) is 37.4 Å². The summed E-state index contributed by atoms with van der Waals surface area (Å²) in [5, 5.41) is 0. The first kappa shape index (κ1) is 12.0. The molecule has 0 N–H and O–H groups in total. The van der Waals surface area contributed by atoms with Gasteiger partial charge in [0.15, 0.2) is 0 Å². The van der Waals surface area contributed by atoms with E-state index in [0.29, 0.717) is 5.57 Å². The van der Waals surface area contributed by atoms with Gasteiger partial charge in [-0.1, -0.05) is 18.1 Å². The number of hydrogen-bond acceptors (Lipinski definition) is 2. The predicted molar refractivity (Wildman–Crippen MR) is 56.9 cm³/mol. The van der Waals surface area contributed by atoms with Crippen LogP contribution < -0.4 is 0 Å². The quantitative estimate of drug-likeness (QED) is 0.503. The van der Waals surface area contributed by atoms with E-state index in [1.807, 2.05) is 0 Å². The highest BCUT2D eigenvalue weighted by atomic mass is 32.2. The number of rotatable bonds is 1. The highest BCUT2D eigenvalue weighted by molar-refractivity contribution is 7.89. The lowest BCUT2D eigenvalue weighted by Gasteiger charge is -2.21. The van der Waals surface area contributed by atoms with Crippen LogP contribution in [0.4, 0.5) is 4.48 Å². The third kappa shape index (κ3) is 2.11. The lowest BCUT2D eigenvalue weighted by molar-refractivity contribution is 0.0645. The maximum absolute atomic E-state index is 13.4. The normalized spacial score (nSPS) is 27.2. The first-order chi connectivity index (χ1) is 6.82. The van der Waals surface area contributed by atoms with Crippen LogP contribution in [0, 0.1) is 12.3 Å². The van der Waals surface area contributed by atoms with Gasteiger partial charge in [-0.15, -0.1) is 10.9 Å². The molecule has 0 aromatic carbocycles. The summed E-state index contributed by atoms with van der Waals surface area (Å²) in [6.45, 7) is 3.01. The summed E-state index contributed by atoms with van der Waals surface area (Å²) in [4.78, 5) is 0. The fourth-order valence-electron chi connectivity index (χ4n) is 1.36. The van der Waals surface area contributed by atoms with E-state index in [1.54, 1.807) is 0 Å². The average molecular weight is 229 g/mol. The fourth-order valence-corrected chi connectivity index (χ4v) is 3.13. The minimum Gasteiger partial charge on any atom is -0.210 e. The molecule has 1 heterocycles. The van der Waals surface area contributed by atoms with Crippen LogP contribution in [0.3, 0.4) is 0 Å². The third-order valence-electron chi connectivity index (χ3n) is 2.30. The van der Waals surface area contributed by atoms with Gasteiger partial charge >= 0.3 is 0 Å². The molecule has 5 heteroatoms. The van der Waals surface area contributed by atoms with Crippen LogP contribution in [0.25, 0.3) is 0 Å². The second kappa shape index (κ2) is 3.80. The summed E-state index contributed by atoms with van der Waals surface area (Å²) in [6.07, 6.45) is 9.49. The van der Waals surface area contributed by atoms with Crippen LogP contribution in [-0.4, -0.2) is 24.2 Å². The Kier molecular flexibility index (Phi) is 3.03. The van der Waals surface area contributed by atoms with Crippen molar-refractivity contribution < 1.29 is 12.9 Å². The van der Waals surface area contributed by atoms with Gasteiger partial charge in [0.25, 0.3) is 0 Å². The molecule has 0 bridgehead atoms. The number of allylic oxidation sites excluding steroid dienone is 3. The minimum atomic E-state index is -3.81. The fraction of sp³-hybridized carbons (Fsp3) is 0.400. The molecule has 0 amide bonds. The largest absolute Gasteiger partial charge is 0.244 e. The lowest BCUT2D eigenvalue weighted by Crippen LogP contribution is -2.34. The lowest BCUT2D eigenvalue weighted by atomic mass is 9.96. The number of sulfonamides is 1. The van der Waals surface area contributed by atoms with E-state index in [2.05, 4.69) is 5.92 Å². The van der Waals surface area contributed by atoms with Crippen molar-refractivity contribution in [3.05, 3.63) is 23.8 Å². The van der Waals surface area contributed by atoms with E-state index in [0.717, 1.165) is 0 Å². The van der Waals surface area contributed by atoms with Crippen molar-refractivity contribution >= 4 is 10.0 Å². The van der Waals surface area contributed by atoms with E-state index in [4.69, 9.17) is 6.42 Å². The van der Waals surface area contributed by atoms with Crippen molar-refractivity contribution in [3.63, 3.8) is 0 Å². The van der Waals surface area contributed by atoms with Gasteiger partial charge in [-0.3, -0.25) is 0 Å². The second-order valence-electron chi connectivity index (χ2n) is 3.75. The third-order valence-corrected chi connectivity index (χ3v) is 3.92. The standard InChI is InChI=1S/C10H12FNO2S/c1-4-5-6-7-9-8-15(13,14)12(11)10(9,2)3/h1,5-7H,8H2,2-3H3/b6-5-,9-7+. The molecule has 1 saturated heterocycles. The van der Waals surface area contributed by atoms with Crippen molar-refractivity contribution in [2.24, 2.45) is 0 Å². The van der Waals surface area contributed by atoms with E-state index in [-0.39, 0.29) is 10.3 Å². The van der Waals surface area contributed by atoms with E-state index < -0.39 is 15.6 Å². The molecule has 0 aliphatic carbocycles. The summed E-state index contributed by atoms with van der Waals surface area (Å²) >= 11 is 0. The van der Waals surface area contributed by atoms with E-state index >= 15 is 0 Å². The minimum absolute atomic E-state index is 0.102. The van der Waals surface area contributed by atoms with Crippen LogP contribution >= 0.6 is 0 Å². The Labute approximate surface area is 89.3 Å². The first-order valence-electron chi connectivity index (χ1n) is 4.33. The zero-order valence-electron chi connectivity index (χ0n) is 8.57. The van der Waals surface area contributed by atoms with E-state index in [9.17, 15) is 12.9 Å². The molecule has 15 heavy (non-hydrogen) atoms. The summed E-state index contributed by atoms with van der Waals surface area (Å²) in [7, 11) is -3.81. The highest BCUT2D eigenvalue weighted by Crippen LogP contribution is 2.36. The molecule has 1 rings (SSSR count). The van der Waals surface area contributed by atoms with Gasteiger partial charge in [0.1, 0.15) is 0 Å². The molecule has 0 spiro atoms. The Morgan fingerprint density at radius 2 is 2.20 bits per heavy atom. The van der Waals surface area contributed by atoms with Crippen LogP contribution in [-0.2, 0) is 10.0 Å². The Bertz CT molecular complexity index is 454. The Hall–Kier alpha value is -1.12. The predicted octanol–water partition coefficient (Wildman–Crippen LogP) is 1.41. The molecule has 0 atom stereocenters. The van der Waals surface area contributed by atoms with Crippen molar-refractivity contribution in [2.45, 2.75) is 19.4 Å². The Morgan fingerprint density at radius 1 is 1.60 bits per heavy atom. The molecule has 0 saturated carbocycles. The SMILES string of the molecule is C#C/C=C\C=C1/CS(=O)(=O)N(F)C1(C)C. The molecule has 0 radical (unpaired) electrons. The molecule has 1 fully saturated rings. The van der Waals surface area contributed by atoms with Gasteiger partial charge in [0, 0.05) is 0 Å². The highest BCUT2D eigenvalue weighted by Gasteiger charge is 2.48. The zero-order valence-corrected chi connectivity index (χ0v) is 9.38. The number of terminal acetylenes is 1. The van der Waals surface area contributed by atoms with Crippen molar-refractivity contribution in [2.75, 3.05) is 5.75 Å². The van der Waals surface area contributed by atoms with Crippen molar-refractivity contribution in [3.8, 4) is 12.3 Å². The van der Waals surface area contributed by atoms with Crippen LogP contribution in [0.15, 0.2) is 23.8 Å². The second-order valence-corrected chi connectivity index (χ2v) is 5.52. The average Bonchev–Trinajstić information content (AvgIpc) is 2.28. The summed E-state index contributed by atoms with van der Waals surface area (Å²) in [6, 6.07) is 0. The summed E-state index contributed by atoms with van der Waals surface area (Å²) in [5.74, 6) is 1.97. The monoisotopic (exact) mass is 229 g/mol. The first-order valence-corrected chi connectivity index (χ1v) is 5.94. The Morgan fingerprint density at radius 3 is 2.60 bits per heavy atom. The molecular weight excluding hydrogens is 217 g/mol. The Balaban J connectivity index is 3.11. The van der Waals surface area contributed by atoms with Gasteiger partial charge in [0.05, 0.1) is 11.3 Å². The smallest absolute Gasteiger partial charge is 0.210 e. The van der Waals surface area contributed by atoms with Gasteiger partial charge in [-0.25, -0.2) is 8.42 Å². The maximum Gasteiger partial charge on any atom is 0.244 e. The van der Waals surface area contributed by atoms with Gasteiger partial charge in [-0.05, 0) is 30.0 Å². The van der Waals surface area contributed by atoms with E-state index in [1.165, 1.54) is 32.1 Å². The number of hydrogen-bond donors (Lipinski definition) is 0. The summed E-state index contributed by atoms with van der Waals surface area (Å²) in [5.41, 5.74) is -0.644. The van der Waals surface area contributed by atoms with Crippen LogP contribution in [0.5, 0.6) is 0 Å². The van der Waals surface area contributed by atoms with Gasteiger partial charge < -0.3 is 0 Å². The van der Waals surface area contributed by atoms with Crippen LogP contribution in [0.1, 0.15) is 13.8 Å². The van der Waals surface area contributed by atoms with Crippen molar-refractivity contribution in [1.29, 1.82) is 0 Å². The van der Waals surface area contributed by atoms with Crippen molar-refractivity contribution in [1.82, 2.24) is 4.53 Å². The number of halogens is 1. The van der Waals surface area contributed by atoms with Gasteiger partial charge in [0.2, 0.25) is 10.0 Å².